The van der Waals surface area contributed by atoms with Crippen LogP contribution in [-0.2, 0) is 9.53 Å². The number of carbonyl (C=O) groups excluding carboxylic acids is 1. The van der Waals surface area contributed by atoms with Gasteiger partial charge in [0.05, 0.1) is 6.10 Å². The van der Waals surface area contributed by atoms with Gasteiger partial charge in [-0.3, -0.25) is 4.79 Å². The lowest BCUT2D eigenvalue weighted by Crippen LogP contribution is -2.36. The number of ether oxygens (including phenoxy) is 1. The molecule has 4 nitrogen and oxygen atoms in total. The van der Waals surface area contributed by atoms with Crippen LogP contribution in [-0.4, -0.2) is 31.2 Å². The Kier molecular flexibility index (Phi) is 4.57. The molecule has 0 aliphatic carbocycles. The summed E-state index contributed by atoms with van der Waals surface area (Å²) in [4.78, 5) is 11.5. The summed E-state index contributed by atoms with van der Waals surface area (Å²) in [6.07, 6.45) is 1.32. The van der Waals surface area contributed by atoms with Crippen LogP contribution in [0.3, 0.4) is 0 Å². The molecule has 1 rings (SSSR count). The normalized spacial score (nSPS) is 26.1. The molecule has 1 heterocycles. The third-order valence-corrected chi connectivity index (χ3v) is 2.40. The van der Waals surface area contributed by atoms with E-state index in [1.165, 1.54) is 0 Å². The van der Waals surface area contributed by atoms with E-state index in [0.717, 1.165) is 17.3 Å². The van der Waals surface area contributed by atoms with Crippen molar-refractivity contribution < 1.29 is 9.53 Å². The highest BCUT2D eigenvalue weighted by atomic mass is 79.9. The third-order valence-electron chi connectivity index (χ3n) is 2.12. The molecule has 0 aromatic heterocycles. The van der Waals surface area contributed by atoms with Crippen LogP contribution in [0.15, 0.2) is 11.1 Å². The van der Waals surface area contributed by atoms with E-state index in [0.29, 0.717) is 13.1 Å². The summed E-state index contributed by atoms with van der Waals surface area (Å²) in [6, 6.07) is 0. The van der Waals surface area contributed by atoms with Gasteiger partial charge in [0.2, 0.25) is 5.91 Å². The zero-order valence-electron chi connectivity index (χ0n) is 7.96. The molecule has 0 spiro atoms. The molecule has 0 saturated carbocycles. The minimum absolute atomic E-state index is 0.0397. The van der Waals surface area contributed by atoms with E-state index in [1.807, 2.05) is 0 Å². The molecule has 1 amide bonds. The van der Waals surface area contributed by atoms with Crippen LogP contribution in [0.1, 0.15) is 12.8 Å². The highest BCUT2D eigenvalue weighted by Gasteiger charge is 2.29. The van der Waals surface area contributed by atoms with E-state index in [1.54, 1.807) is 0 Å². The van der Waals surface area contributed by atoms with Crippen molar-refractivity contribution in [2.45, 2.75) is 25.0 Å². The SMILES string of the molecule is C=C(Br)CNC(=O)C1CCC(CN)O1. The van der Waals surface area contributed by atoms with E-state index in [9.17, 15) is 4.79 Å². The van der Waals surface area contributed by atoms with Crippen LogP contribution in [0.5, 0.6) is 0 Å². The Morgan fingerprint density at radius 1 is 1.64 bits per heavy atom. The Bertz CT molecular complexity index is 233. The first-order valence-corrected chi connectivity index (χ1v) is 5.39. The van der Waals surface area contributed by atoms with Crippen LogP contribution in [0.2, 0.25) is 0 Å². The molecule has 0 aromatic carbocycles. The third kappa shape index (κ3) is 3.40. The van der Waals surface area contributed by atoms with Crippen LogP contribution in [0, 0.1) is 0 Å². The number of hydrogen-bond acceptors (Lipinski definition) is 3. The van der Waals surface area contributed by atoms with Gasteiger partial charge in [-0.15, -0.1) is 0 Å². The fourth-order valence-corrected chi connectivity index (χ4v) is 1.51. The molecule has 0 aromatic rings. The molecule has 2 unspecified atom stereocenters. The van der Waals surface area contributed by atoms with Crippen LogP contribution in [0.25, 0.3) is 0 Å². The van der Waals surface area contributed by atoms with Crippen molar-refractivity contribution in [3.05, 3.63) is 11.1 Å². The summed E-state index contributed by atoms with van der Waals surface area (Å²) < 4.78 is 6.17. The number of nitrogens with two attached hydrogens (primary N) is 1. The Hall–Kier alpha value is -0.390. The molecule has 0 bridgehead atoms. The molecule has 1 aliphatic heterocycles. The van der Waals surface area contributed by atoms with Gasteiger partial charge in [0.15, 0.2) is 0 Å². The predicted molar refractivity (Wildman–Crippen MR) is 58.0 cm³/mol. The second-order valence-corrected chi connectivity index (χ2v) is 4.42. The highest BCUT2D eigenvalue weighted by Crippen LogP contribution is 2.18. The quantitative estimate of drug-likeness (QED) is 0.777. The van der Waals surface area contributed by atoms with E-state index in [2.05, 4.69) is 27.8 Å². The average molecular weight is 263 g/mol. The topological polar surface area (TPSA) is 64.4 Å². The van der Waals surface area contributed by atoms with Gasteiger partial charge < -0.3 is 15.8 Å². The Morgan fingerprint density at radius 2 is 2.36 bits per heavy atom. The van der Waals surface area contributed by atoms with Crippen molar-refractivity contribution in [2.24, 2.45) is 5.73 Å². The number of halogens is 1. The summed E-state index contributed by atoms with van der Waals surface area (Å²) in [5.41, 5.74) is 5.44. The van der Waals surface area contributed by atoms with Gasteiger partial charge in [-0.25, -0.2) is 0 Å². The number of rotatable bonds is 4. The van der Waals surface area contributed by atoms with Gasteiger partial charge in [-0.2, -0.15) is 0 Å². The number of nitrogens with one attached hydrogen (secondary N) is 1. The fourth-order valence-electron chi connectivity index (χ4n) is 1.37. The summed E-state index contributed by atoms with van der Waals surface area (Å²) in [6.45, 7) is 4.54. The minimum atomic E-state index is -0.338. The molecule has 80 valence electrons. The van der Waals surface area contributed by atoms with Gasteiger partial charge in [-0.1, -0.05) is 22.5 Å². The van der Waals surface area contributed by atoms with Crippen LogP contribution >= 0.6 is 15.9 Å². The lowest BCUT2D eigenvalue weighted by atomic mass is 10.2. The van der Waals surface area contributed by atoms with Crippen molar-refractivity contribution in [3.8, 4) is 0 Å². The van der Waals surface area contributed by atoms with Gasteiger partial charge in [0, 0.05) is 17.6 Å². The predicted octanol–water partition coefficient (Wildman–Crippen LogP) is 0.517. The Morgan fingerprint density at radius 3 is 2.86 bits per heavy atom. The molecule has 1 saturated heterocycles. The maximum atomic E-state index is 11.5. The standard InChI is InChI=1S/C9H15BrN2O2/c1-6(10)5-12-9(13)8-3-2-7(4-11)14-8/h7-8H,1-5,11H2,(H,12,13). The molecule has 3 N–H and O–H groups in total. The highest BCUT2D eigenvalue weighted by molar-refractivity contribution is 9.11. The van der Waals surface area contributed by atoms with Crippen LogP contribution < -0.4 is 11.1 Å². The van der Waals surface area contributed by atoms with Gasteiger partial charge >= 0.3 is 0 Å². The number of amides is 1. The molecular weight excluding hydrogens is 248 g/mol. The Balaban J connectivity index is 2.28. The number of hydrogen-bond donors (Lipinski definition) is 2. The molecule has 1 fully saturated rings. The summed E-state index contributed by atoms with van der Waals surface area (Å²) >= 11 is 3.17. The summed E-state index contributed by atoms with van der Waals surface area (Å²) in [5.74, 6) is -0.0819. The second kappa shape index (κ2) is 5.48. The second-order valence-electron chi connectivity index (χ2n) is 3.29. The largest absolute Gasteiger partial charge is 0.364 e. The zero-order valence-corrected chi connectivity index (χ0v) is 9.55. The molecule has 0 radical (unpaired) electrons. The lowest BCUT2D eigenvalue weighted by molar-refractivity contribution is -0.131. The first-order chi connectivity index (χ1) is 6.63. The van der Waals surface area contributed by atoms with Gasteiger partial charge in [0.1, 0.15) is 6.10 Å². The van der Waals surface area contributed by atoms with Gasteiger partial charge in [-0.05, 0) is 12.8 Å². The van der Waals surface area contributed by atoms with E-state index >= 15 is 0 Å². The zero-order chi connectivity index (χ0) is 10.6. The average Bonchev–Trinajstić information content (AvgIpc) is 2.62. The van der Waals surface area contributed by atoms with Crippen molar-refractivity contribution >= 4 is 21.8 Å². The summed E-state index contributed by atoms with van der Waals surface area (Å²) in [7, 11) is 0. The van der Waals surface area contributed by atoms with Crippen molar-refractivity contribution in [1.29, 1.82) is 0 Å². The Labute approximate surface area is 92.0 Å². The van der Waals surface area contributed by atoms with Crippen LogP contribution in [0.4, 0.5) is 0 Å². The molecule has 14 heavy (non-hydrogen) atoms. The molecule has 1 aliphatic rings. The van der Waals surface area contributed by atoms with E-state index in [4.69, 9.17) is 10.5 Å². The maximum absolute atomic E-state index is 11.5. The van der Waals surface area contributed by atoms with E-state index in [-0.39, 0.29) is 18.1 Å². The first kappa shape index (κ1) is 11.7. The van der Waals surface area contributed by atoms with Crippen molar-refractivity contribution in [3.63, 3.8) is 0 Å². The smallest absolute Gasteiger partial charge is 0.249 e. The fraction of sp³-hybridized carbons (Fsp3) is 0.667. The monoisotopic (exact) mass is 262 g/mol. The first-order valence-electron chi connectivity index (χ1n) is 4.60. The van der Waals surface area contributed by atoms with Gasteiger partial charge in [0.25, 0.3) is 0 Å². The van der Waals surface area contributed by atoms with Crippen molar-refractivity contribution in [2.75, 3.05) is 13.1 Å². The van der Waals surface area contributed by atoms with Crippen molar-refractivity contribution in [1.82, 2.24) is 5.32 Å². The molecular formula is C9H15BrN2O2. The maximum Gasteiger partial charge on any atom is 0.249 e. The van der Waals surface area contributed by atoms with E-state index < -0.39 is 0 Å². The minimum Gasteiger partial charge on any atom is -0.364 e. The summed E-state index contributed by atoms with van der Waals surface area (Å²) in [5, 5.41) is 2.72. The number of carbonyl (C=O) groups is 1. The molecule has 2 atom stereocenters. The molecule has 5 heteroatoms. The lowest BCUT2D eigenvalue weighted by Gasteiger charge is -2.12.